The normalized spacial score (nSPS) is 21.2. The Kier molecular flexibility index (Phi) is 3.93. The van der Waals surface area contributed by atoms with Crippen LogP contribution in [0.1, 0.15) is 11.3 Å². The number of nitrogens with zero attached hydrogens (tertiary/aromatic N) is 1. The average Bonchev–Trinajstić information content (AvgIpc) is 2.87. The highest BCUT2D eigenvalue weighted by Crippen LogP contribution is 2.08. The topological polar surface area (TPSA) is 58.4 Å². The number of thiophene rings is 1. The number of amides is 1. The molecule has 1 aromatic rings. The van der Waals surface area contributed by atoms with E-state index in [1.807, 2.05) is 17.5 Å². The van der Waals surface area contributed by atoms with Gasteiger partial charge < -0.3 is 11.1 Å². The molecule has 88 valence electrons. The summed E-state index contributed by atoms with van der Waals surface area (Å²) in [6.45, 7) is 2.88. The smallest absolute Gasteiger partial charge is 0.234 e. The van der Waals surface area contributed by atoms with Crippen molar-refractivity contribution in [1.82, 2.24) is 10.2 Å². The zero-order valence-electron chi connectivity index (χ0n) is 9.19. The lowest BCUT2D eigenvalue weighted by molar-refractivity contribution is -0.122. The van der Waals surface area contributed by atoms with Crippen molar-refractivity contribution >= 4 is 17.2 Å². The Morgan fingerprint density at radius 1 is 1.69 bits per heavy atom. The Labute approximate surface area is 99.4 Å². The molecule has 1 aromatic heterocycles. The molecule has 1 atom stereocenters. The Morgan fingerprint density at radius 2 is 2.56 bits per heavy atom. The van der Waals surface area contributed by atoms with E-state index in [0.29, 0.717) is 13.1 Å². The van der Waals surface area contributed by atoms with Crippen molar-refractivity contribution in [2.45, 2.75) is 19.0 Å². The van der Waals surface area contributed by atoms with E-state index in [1.165, 1.54) is 4.88 Å². The van der Waals surface area contributed by atoms with E-state index in [9.17, 15) is 4.79 Å². The third-order valence-corrected chi connectivity index (χ3v) is 3.59. The van der Waals surface area contributed by atoms with Gasteiger partial charge in [0.1, 0.15) is 0 Å². The average molecular weight is 239 g/mol. The summed E-state index contributed by atoms with van der Waals surface area (Å²) < 4.78 is 0. The van der Waals surface area contributed by atoms with Crippen LogP contribution in [0.2, 0.25) is 0 Å². The number of hydrogen-bond acceptors (Lipinski definition) is 4. The predicted octanol–water partition coefficient (Wildman–Crippen LogP) is 0.397. The summed E-state index contributed by atoms with van der Waals surface area (Å²) in [7, 11) is 0. The summed E-state index contributed by atoms with van der Waals surface area (Å²) in [5, 5.41) is 4.93. The highest BCUT2D eigenvalue weighted by Gasteiger charge is 2.20. The Morgan fingerprint density at radius 3 is 3.19 bits per heavy atom. The van der Waals surface area contributed by atoms with Crippen molar-refractivity contribution < 1.29 is 4.79 Å². The van der Waals surface area contributed by atoms with Crippen molar-refractivity contribution in [3.05, 3.63) is 22.4 Å². The van der Waals surface area contributed by atoms with Gasteiger partial charge in [-0.3, -0.25) is 9.69 Å². The Hall–Kier alpha value is -0.910. The van der Waals surface area contributed by atoms with Gasteiger partial charge in [0.2, 0.25) is 5.91 Å². The highest BCUT2D eigenvalue weighted by molar-refractivity contribution is 7.09. The van der Waals surface area contributed by atoms with Crippen molar-refractivity contribution in [2.24, 2.45) is 5.73 Å². The van der Waals surface area contributed by atoms with Gasteiger partial charge in [0.15, 0.2) is 0 Å². The fourth-order valence-electron chi connectivity index (χ4n) is 1.86. The third kappa shape index (κ3) is 3.30. The predicted molar refractivity (Wildman–Crippen MR) is 65.2 cm³/mol. The van der Waals surface area contributed by atoms with Crippen LogP contribution in [0.4, 0.5) is 0 Å². The molecule has 1 amide bonds. The molecule has 0 bridgehead atoms. The summed E-state index contributed by atoms with van der Waals surface area (Å²) in [6.07, 6.45) is 0.998. The molecule has 1 saturated heterocycles. The molecule has 2 heterocycles. The second kappa shape index (κ2) is 5.43. The first-order valence-electron chi connectivity index (χ1n) is 5.51. The number of nitrogens with two attached hydrogens (primary N) is 1. The monoisotopic (exact) mass is 239 g/mol. The quantitative estimate of drug-likeness (QED) is 0.799. The number of carbonyl (C=O) groups excluding carboxylic acids is 1. The molecule has 0 aliphatic carbocycles. The van der Waals surface area contributed by atoms with E-state index in [-0.39, 0.29) is 11.9 Å². The zero-order valence-corrected chi connectivity index (χ0v) is 10.0. The minimum Gasteiger partial charge on any atom is -0.350 e. The molecule has 0 unspecified atom stereocenters. The van der Waals surface area contributed by atoms with Gasteiger partial charge in [0, 0.05) is 24.0 Å². The first kappa shape index (κ1) is 11.6. The fourth-order valence-corrected chi connectivity index (χ4v) is 2.51. The van der Waals surface area contributed by atoms with E-state index in [1.54, 1.807) is 11.3 Å². The molecule has 3 N–H and O–H groups in total. The van der Waals surface area contributed by atoms with Gasteiger partial charge in [-0.05, 0) is 17.9 Å². The maximum atomic E-state index is 11.6. The van der Waals surface area contributed by atoms with Crippen molar-refractivity contribution in [1.29, 1.82) is 0 Å². The van der Waals surface area contributed by atoms with Crippen molar-refractivity contribution in [3.63, 3.8) is 0 Å². The molecule has 0 radical (unpaired) electrons. The molecule has 2 rings (SSSR count). The van der Waals surface area contributed by atoms with Gasteiger partial charge >= 0.3 is 0 Å². The summed E-state index contributed by atoms with van der Waals surface area (Å²) in [4.78, 5) is 14.9. The second-order valence-corrected chi connectivity index (χ2v) is 5.17. The number of hydrogen-bond donors (Lipinski definition) is 2. The van der Waals surface area contributed by atoms with Crippen LogP contribution < -0.4 is 11.1 Å². The number of likely N-dealkylation sites (tertiary alicyclic amines) is 1. The standard InChI is InChI=1S/C11H17N3OS/c12-9-3-4-14(7-9)8-11(15)13-6-10-2-1-5-16-10/h1-2,5,9H,3-4,6-8,12H2,(H,13,15)/t9-/m0/s1. The van der Waals surface area contributed by atoms with Crippen LogP contribution in [-0.4, -0.2) is 36.5 Å². The van der Waals surface area contributed by atoms with Crippen LogP contribution in [0.25, 0.3) is 0 Å². The molecule has 5 heteroatoms. The van der Waals surface area contributed by atoms with Gasteiger partial charge in [0.05, 0.1) is 13.1 Å². The lowest BCUT2D eigenvalue weighted by Gasteiger charge is -2.14. The molecule has 0 spiro atoms. The minimum absolute atomic E-state index is 0.0856. The van der Waals surface area contributed by atoms with Crippen LogP contribution >= 0.6 is 11.3 Å². The van der Waals surface area contributed by atoms with Gasteiger partial charge in [-0.25, -0.2) is 0 Å². The number of carbonyl (C=O) groups is 1. The van der Waals surface area contributed by atoms with E-state index in [4.69, 9.17) is 5.73 Å². The molecule has 1 aliphatic heterocycles. The molecule has 1 aliphatic rings. The van der Waals surface area contributed by atoms with Crippen LogP contribution in [0.5, 0.6) is 0 Å². The molecule has 0 aromatic carbocycles. The Balaban J connectivity index is 1.68. The van der Waals surface area contributed by atoms with E-state index in [2.05, 4.69) is 10.2 Å². The fraction of sp³-hybridized carbons (Fsp3) is 0.545. The van der Waals surface area contributed by atoms with Gasteiger partial charge in [0.25, 0.3) is 0 Å². The lowest BCUT2D eigenvalue weighted by Crippen LogP contribution is -2.36. The van der Waals surface area contributed by atoms with Crippen molar-refractivity contribution in [2.75, 3.05) is 19.6 Å². The molecular formula is C11H17N3OS. The zero-order chi connectivity index (χ0) is 11.4. The number of nitrogens with one attached hydrogen (secondary N) is 1. The van der Waals surface area contributed by atoms with Gasteiger partial charge in [-0.2, -0.15) is 0 Å². The molecule has 16 heavy (non-hydrogen) atoms. The highest BCUT2D eigenvalue weighted by atomic mass is 32.1. The van der Waals surface area contributed by atoms with Crippen LogP contribution in [0, 0.1) is 0 Å². The first-order chi connectivity index (χ1) is 7.74. The minimum atomic E-state index is 0.0856. The first-order valence-corrected chi connectivity index (χ1v) is 6.39. The summed E-state index contributed by atoms with van der Waals surface area (Å²) in [5.41, 5.74) is 5.78. The van der Waals surface area contributed by atoms with E-state index >= 15 is 0 Å². The lowest BCUT2D eigenvalue weighted by atomic mass is 10.3. The largest absolute Gasteiger partial charge is 0.350 e. The molecular weight excluding hydrogens is 222 g/mol. The Bertz CT molecular complexity index is 339. The van der Waals surface area contributed by atoms with Crippen LogP contribution in [0.15, 0.2) is 17.5 Å². The molecule has 0 saturated carbocycles. The van der Waals surface area contributed by atoms with Crippen molar-refractivity contribution in [3.8, 4) is 0 Å². The third-order valence-electron chi connectivity index (χ3n) is 2.72. The van der Waals surface area contributed by atoms with Crippen LogP contribution in [0.3, 0.4) is 0 Å². The van der Waals surface area contributed by atoms with E-state index < -0.39 is 0 Å². The van der Waals surface area contributed by atoms with Gasteiger partial charge in [-0.15, -0.1) is 11.3 Å². The maximum absolute atomic E-state index is 11.6. The maximum Gasteiger partial charge on any atom is 0.234 e. The van der Waals surface area contributed by atoms with E-state index in [0.717, 1.165) is 19.5 Å². The summed E-state index contributed by atoms with van der Waals surface area (Å²) in [5.74, 6) is 0.0856. The molecule has 4 nitrogen and oxygen atoms in total. The number of rotatable bonds is 4. The second-order valence-electron chi connectivity index (χ2n) is 4.14. The molecule has 1 fully saturated rings. The summed E-state index contributed by atoms with van der Waals surface area (Å²) >= 11 is 1.66. The van der Waals surface area contributed by atoms with Gasteiger partial charge in [-0.1, -0.05) is 6.07 Å². The SMILES string of the molecule is N[C@H]1CCN(CC(=O)NCc2cccs2)C1. The van der Waals surface area contributed by atoms with Crippen LogP contribution in [-0.2, 0) is 11.3 Å². The summed E-state index contributed by atoms with van der Waals surface area (Å²) in [6, 6.07) is 4.26.